The first-order valence-corrected chi connectivity index (χ1v) is 8.73. The molecule has 1 fully saturated rings. The van der Waals surface area contributed by atoms with Crippen molar-refractivity contribution < 1.29 is 9.53 Å². The van der Waals surface area contributed by atoms with Gasteiger partial charge in [0.05, 0.1) is 31.8 Å². The molecule has 2 aromatic heterocycles. The molecule has 6 nitrogen and oxygen atoms in total. The molecule has 1 aliphatic heterocycles. The van der Waals surface area contributed by atoms with E-state index in [1.807, 2.05) is 41.4 Å². The van der Waals surface area contributed by atoms with Gasteiger partial charge in [-0.05, 0) is 24.4 Å². The normalized spacial score (nSPS) is 20.3. The minimum Gasteiger partial charge on any atom is -0.374 e. The van der Waals surface area contributed by atoms with Crippen molar-refractivity contribution in [3.8, 4) is 0 Å². The predicted octanol–water partition coefficient (Wildman–Crippen LogP) is 1.52. The average Bonchev–Trinajstić information content (AvgIpc) is 3.20. The van der Waals surface area contributed by atoms with Crippen LogP contribution in [0.25, 0.3) is 0 Å². The van der Waals surface area contributed by atoms with E-state index in [4.69, 9.17) is 4.74 Å². The van der Waals surface area contributed by atoms with Crippen LogP contribution in [0.1, 0.15) is 17.8 Å². The molecule has 3 heterocycles. The first-order chi connectivity index (χ1) is 11.2. The molecule has 0 radical (unpaired) electrons. The molecule has 124 valence electrons. The van der Waals surface area contributed by atoms with Crippen molar-refractivity contribution in [3.05, 3.63) is 40.8 Å². The maximum atomic E-state index is 12.2. The topological polar surface area (TPSA) is 59.4 Å². The quantitative estimate of drug-likeness (QED) is 0.870. The Labute approximate surface area is 140 Å². The lowest BCUT2D eigenvalue weighted by molar-refractivity contribution is -0.125. The second kappa shape index (κ2) is 7.72. The molecule has 1 amide bonds. The molecule has 23 heavy (non-hydrogen) atoms. The number of rotatable bonds is 6. The van der Waals surface area contributed by atoms with Gasteiger partial charge in [0.1, 0.15) is 0 Å². The minimum absolute atomic E-state index is 0.0587. The lowest BCUT2D eigenvalue weighted by atomic mass is 10.2. The largest absolute Gasteiger partial charge is 0.374 e. The molecule has 3 rings (SSSR count). The van der Waals surface area contributed by atoms with Gasteiger partial charge in [-0.2, -0.15) is 5.10 Å². The highest BCUT2D eigenvalue weighted by molar-refractivity contribution is 7.10. The van der Waals surface area contributed by atoms with E-state index in [1.54, 1.807) is 17.5 Å². The van der Waals surface area contributed by atoms with Crippen molar-refractivity contribution in [2.24, 2.45) is 0 Å². The van der Waals surface area contributed by atoms with E-state index in [0.29, 0.717) is 13.2 Å². The monoisotopic (exact) mass is 334 g/mol. The fourth-order valence-corrected chi connectivity index (χ4v) is 3.49. The van der Waals surface area contributed by atoms with E-state index in [2.05, 4.69) is 15.3 Å². The fraction of sp³-hybridized carbons (Fsp3) is 0.500. The van der Waals surface area contributed by atoms with E-state index in [1.165, 1.54) is 4.88 Å². The number of thiophene rings is 1. The first-order valence-electron chi connectivity index (χ1n) is 7.85. The summed E-state index contributed by atoms with van der Waals surface area (Å²) in [6, 6.07) is 6.01. The summed E-state index contributed by atoms with van der Waals surface area (Å²) >= 11 is 1.66. The van der Waals surface area contributed by atoms with Crippen LogP contribution in [0.4, 0.5) is 0 Å². The SMILES string of the molecule is C[C@@H](NC(=O)CN1CCO[C@@H](Cn2cccn2)C1)c1cccs1. The summed E-state index contributed by atoms with van der Waals surface area (Å²) in [4.78, 5) is 15.6. The molecule has 0 aromatic carbocycles. The second-order valence-corrected chi connectivity index (χ2v) is 6.74. The van der Waals surface area contributed by atoms with Gasteiger partial charge in [0.2, 0.25) is 5.91 Å². The predicted molar refractivity (Wildman–Crippen MR) is 89.3 cm³/mol. The molecular weight excluding hydrogens is 312 g/mol. The first kappa shape index (κ1) is 16.2. The number of hydrogen-bond acceptors (Lipinski definition) is 5. The highest BCUT2D eigenvalue weighted by Gasteiger charge is 2.23. The molecule has 1 N–H and O–H groups in total. The van der Waals surface area contributed by atoms with Gasteiger partial charge in [0.25, 0.3) is 0 Å². The van der Waals surface area contributed by atoms with Crippen LogP contribution in [-0.2, 0) is 16.1 Å². The molecule has 2 atom stereocenters. The Morgan fingerprint density at radius 2 is 2.48 bits per heavy atom. The molecule has 2 aromatic rings. The number of amides is 1. The lowest BCUT2D eigenvalue weighted by Crippen LogP contribution is -2.48. The number of hydrogen-bond donors (Lipinski definition) is 1. The summed E-state index contributed by atoms with van der Waals surface area (Å²) < 4.78 is 7.64. The van der Waals surface area contributed by atoms with E-state index < -0.39 is 0 Å². The number of morpholine rings is 1. The van der Waals surface area contributed by atoms with Crippen LogP contribution in [0.15, 0.2) is 36.0 Å². The minimum atomic E-state index is 0.0587. The van der Waals surface area contributed by atoms with Crippen LogP contribution in [0.3, 0.4) is 0 Å². The summed E-state index contributed by atoms with van der Waals surface area (Å²) in [5.41, 5.74) is 0. The third kappa shape index (κ3) is 4.63. The maximum absolute atomic E-state index is 12.2. The van der Waals surface area contributed by atoms with Gasteiger partial charge in [0, 0.05) is 30.4 Å². The van der Waals surface area contributed by atoms with Gasteiger partial charge in [-0.25, -0.2) is 0 Å². The van der Waals surface area contributed by atoms with Crippen molar-refractivity contribution in [2.75, 3.05) is 26.2 Å². The standard InChI is InChI=1S/C16H22N4O2S/c1-13(15-4-2-9-23-15)18-16(21)12-19-7-8-22-14(10-19)11-20-6-3-5-17-20/h2-6,9,13-14H,7-8,10-12H2,1H3,(H,18,21)/t13-,14-/m1/s1. The third-order valence-corrected chi connectivity index (χ3v) is 4.94. The Hall–Kier alpha value is -1.70. The highest BCUT2D eigenvalue weighted by atomic mass is 32.1. The lowest BCUT2D eigenvalue weighted by Gasteiger charge is -2.32. The van der Waals surface area contributed by atoms with Crippen LogP contribution < -0.4 is 5.32 Å². The molecule has 0 saturated carbocycles. The highest BCUT2D eigenvalue weighted by Crippen LogP contribution is 2.18. The summed E-state index contributed by atoms with van der Waals surface area (Å²) in [5.74, 6) is 0.0608. The molecule has 7 heteroatoms. The molecule has 0 aliphatic carbocycles. The van der Waals surface area contributed by atoms with Crippen molar-refractivity contribution in [3.63, 3.8) is 0 Å². The Balaban J connectivity index is 1.46. The third-order valence-electron chi connectivity index (χ3n) is 3.89. The number of aromatic nitrogens is 2. The zero-order chi connectivity index (χ0) is 16.1. The van der Waals surface area contributed by atoms with Gasteiger partial charge in [-0.15, -0.1) is 11.3 Å². The zero-order valence-electron chi connectivity index (χ0n) is 13.2. The van der Waals surface area contributed by atoms with E-state index >= 15 is 0 Å². The van der Waals surface area contributed by atoms with Gasteiger partial charge >= 0.3 is 0 Å². The fourth-order valence-electron chi connectivity index (χ4n) is 2.75. The summed E-state index contributed by atoms with van der Waals surface area (Å²) in [5, 5.41) is 9.29. The van der Waals surface area contributed by atoms with Crippen LogP contribution in [0, 0.1) is 0 Å². The van der Waals surface area contributed by atoms with E-state index in [9.17, 15) is 4.79 Å². The van der Waals surface area contributed by atoms with Gasteiger partial charge in [-0.1, -0.05) is 6.07 Å². The Morgan fingerprint density at radius 1 is 1.57 bits per heavy atom. The Morgan fingerprint density at radius 3 is 3.22 bits per heavy atom. The number of carbonyl (C=O) groups is 1. The van der Waals surface area contributed by atoms with Gasteiger partial charge in [0.15, 0.2) is 0 Å². The molecule has 0 unspecified atom stereocenters. The molecular formula is C16H22N4O2S. The second-order valence-electron chi connectivity index (χ2n) is 5.76. The number of carbonyl (C=O) groups excluding carboxylic acids is 1. The van der Waals surface area contributed by atoms with Crippen molar-refractivity contribution in [1.82, 2.24) is 20.0 Å². The number of ether oxygens (including phenoxy) is 1. The maximum Gasteiger partial charge on any atom is 0.234 e. The number of nitrogens with one attached hydrogen (secondary N) is 1. The van der Waals surface area contributed by atoms with Gasteiger partial charge < -0.3 is 10.1 Å². The molecule has 1 saturated heterocycles. The molecule has 0 bridgehead atoms. The molecule has 0 spiro atoms. The smallest absolute Gasteiger partial charge is 0.234 e. The van der Waals surface area contributed by atoms with Crippen LogP contribution in [-0.4, -0.2) is 52.9 Å². The van der Waals surface area contributed by atoms with E-state index in [0.717, 1.165) is 19.6 Å². The molecule has 1 aliphatic rings. The van der Waals surface area contributed by atoms with E-state index in [-0.39, 0.29) is 18.1 Å². The Kier molecular flexibility index (Phi) is 5.43. The summed E-state index contributed by atoms with van der Waals surface area (Å²) in [6.45, 7) is 5.34. The van der Waals surface area contributed by atoms with Crippen LogP contribution in [0.5, 0.6) is 0 Å². The Bertz CT molecular complexity index is 600. The van der Waals surface area contributed by atoms with Gasteiger partial charge in [-0.3, -0.25) is 14.4 Å². The average molecular weight is 334 g/mol. The van der Waals surface area contributed by atoms with Crippen LogP contribution >= 0.6 is 11.3 Å². The van der Waals surface area contributed by atoms with Crippen molar-refractivity contribution >= 4 is 17.2 Å². The van der Waals surface area contributed by atoms with Crippen molar-refractivity contribution in [2.45, 2.75) is 25.6 Å². The summed E-state index contributed by atoms with van der Waals surface area (Å²) in [6.07, 6.45) is 3.77. The summed E-state index contributed by atoms with van der Waals surface area (Å²) in [7, 11) is 0. The van der Waals surface area contributed by atoms with Crippen molar-refractivity contribution in [1.29, 1.82) is 0 Å². The van der Waals surface area contributed by atoms with Crippen LogP contribution in [0.2, 0.25) is 0 Å². The number of nitrogens with zero attached hydrogens (tertiary/aromatic N) is 3. The zero-order valence-corrected chi connectivity index (χ0v) is 14.0.